The molecule has 0 saturated heterocycles. The van der Waals surface area contributed by atoms with Gasteiger partial charge in [-0.05, 0) is 5.92 Å². The van der Waals surface area contributed by atoms with Gasteiger partial charge in [0.1, 0.15) is 18.8 Å². The van der Waals surface area contributed by atoms with Crippen molar-refractivity contribution in [2.45, 2.75) is 32.4 Å². The van der Waals surface area contributed by atoms with Gasteiger partial charge in [0, 0.05) is 19.4 Å². The monoisotopic (exact) mass is 303 g/mol. The molecule has 8 heteroatoms. The molecule has 0 aromatic carbocycles. The summed E-state index contributed by atoms with van der Waals surface area (Å²) >= 11 is 0. The quantitative estimate of drug-likeness (QED) is 0.445. The number of nitrogens with one attached hydrogen (secondary N) is 3. The lowest BCUT2D eigenvalue weighted by Crippen LogP contribution is -2.52. The van der Waals surface area contributed by atoms with Crippen molar-refractivity contribution in [1.29, 1.82) is 0 Å². The lowest BCUT2D eigenvalue weighted by atomic mass is 10.0. The first-order chi connectivity index (χ1) is 9.83. The van der Waals surface area contributed by atoms with Crippen molar-refractivity contribution >= 4 is 17.7 Å². The highest BCUT2D eigenvalue weighted by Gasteiger charge is 2.28. The summed E-state index contributed by atoms with van der Waals surface area (Å²) in [5.41, 5.74) is 0. The van der Waals surface area contributed by atoms with Gasteiger partial charge in [-0.15, -0.1) is 0 Å². The molecule has 0 rings (SSSR count). The number of halogens is 1. The third-order valence-corrected chi connectivity index (χ3v) is 2.69. The molecule has 2 atom stereocenters. The van der Waals surface area contributed by atoms with E-state index in [1.165, 1.54) is 6.20 Å². The van der Waals surface area contributed by atoms with Gasteiger partial charge in [-0.25, -0.2) is 4.39 Å². The van der Waals surface area contributed by atoms with Crippen molar-refractivity contribution in [2.75, 3.05) is 13.7 Å². The topological polar surface area (TPSA) is 108 Å². The van der Waals surface area contributed by atoms with E-state index in [0.717, 1.165) is 0 Å². The lowest BCUT2D eigenvalue weighted by molar-refractivity contribution is -0.140. The average Bonchev–Trinajstić information content (AvgIpc) is 2.40. The van der Waals surface area contributed by atoms with Crippen LogP contribution in [0.5, 0.6) is 0 Å². The number of carboxylic acid groups (broad SMARTS) is 1. The number of aliphatic carboxylic acids is 1. The van der Waals surface area contributed by atoms with Crippen molar-refractivity contribution in [3.05, 3.63) is 12.4 Å². The lowest BCUT2D eigenvalue weighted by Gasteiger charge is -2.23. The molecule has 0 heterocycles. The number of carbonyl (C=O) groups is 3. The van der Waals surface area contributed by atoms with Gasteiger partial charge in [0.2, 0.25) is 5.91 Å². The maximum Gasteiger partial charge on any atom is 0.305 e. The smallest absolute Gasteiger partial charge is 0.305 e. The molecule has 0 aromatic heterocycles. The molecule has 4 N–H and O–H groups in total. The van der Waals surface area contributed by atoms with Crippen LogP contribution in [0.25, 0.3) is 0 Å². The Hall–Kier alpha value is -2.12. The first kappa shape index (κ1) is 18.9. The number of hydrogen-bond acceptors (Lipinski definition) is 5. The molecular weight excluding hydrogens is 281 g/mol. The van der Waals surface area contributed by atoms with E-state index in [4.69, 9.17) is 5.11 Å². The van der Waals surface area contributed by atoms with Crippen LogP contribution in [0.3, 0.4) is 0 Å². The van der Waals surface area contributed by atoms with Crippen LogP contribution >= 0.6 is 0 Å². The van der Waals surface area contributed by atoms with Gasteiger partial charge in [0.15, 0.2) is 5.78 Å². The predicted molar refractivity (Wildman–Crippen MR) is 75.1 cm³/mol. The van der Waals surface area contributed by atoms with Crippen LogP contribution in [0, 0.1) is 5.92 Å². The summed E-state index contributed by atoms with van der Waals surface area (Å²) in [6.45, 7) is 2.25. The second-order valence-corrected chi connectivity index (χ2v) is 4.77. The van der Waals surface area contributed by atoms with Crippen LogP contribution in [0.1, 0.15) is 20.3 Å². The van der Waals surface area contributed by atoms with E-state index in [1.54, 1.807) is 27.1 Å². The molecule has 0 saturated carbocycles. The molecule has 0 aliphatic heterocycles. The van der Waals surface area contributed by atoms with E-state index in [2.05, 4.69) is 16.0 Å². The number of hydrogen-bond donors (Lipinski definition) is 4. The second-order valence-electron chi connectivity index (χ2n) is 4.77. The summed E-state index contributed by atoms with van der Waals surface area (Å²) in [6.07, 6.45) is 2.45. The molecule has 0 spiro atoms. The molecule has 0 aliphatic rings. The Morgan fingerprint density at radius 1 is 1.24 bits per heavy atom. The van der Waals surface area contributed by atoms with E-state index < -0.39 is 42.8 Å². The molecule has 120 valence electrons. The van der Waals surface area contributed by atoms with Crippen molar-refractivity contribution in [2.24, 2.45) is 5.92 Å². The minimum atomic E-state index is -1.36. The number of carbonyl (C=O) groups excluding carboxylic acids is 2. The second kappa shape index (κ2) is 9.73. The van der Waals surface area contributed by atoms with Gasteiger partial charge in [0.25, 0.3) is 0 Å². The molecule has 1 amide bonds. The number of amides is 1. The summed E-state index contributed by atoms with van der Waals surface area (Å²) in [5, 5.41) is 16.5. The summed E-state index contributed by atoms with van der Waals surface area (Å²) in [6, 6.07) is -2.03. The Morgan fingerprint density at radius 2 is 1.86 bits per heavy atom. The zero-order valence-electron chi connectivity index (χ0n) is 12.4. The van der Waals surface area contributed by atoms with Gasteiger partial charge < -0.3 is 21.1 Å². The molecular formula is C13H22FN3O4. The highest BCUT2D eigenvalue weighted by atomic mass is 19.1. The highest BCUT2D eigenvalue weighted by Crippen LogP contribution is 2.04. The number of Topliss-reactive ketones (excluding diaryl/α,β-unsaturated/α-hetero) is 1. The first-order valence-corrected chi connectivity index (χ1v) is 6.52. The Kier molecular flexibility index (Phi) is 8.75. The fraction of sp³-hybridized carbons (Fsp3) is 0.615. The predicted octanol–water partition coefficient (Wildman–Crippen LogP) is -0.211. The number of ketones is 1. The van der Waals surface area contributed by atoms with Gasteiger partial charge in [-0.2, -0.15) is 0 Å². The number of alkyl halides is 1. The standard InChI is InChI=1S/C13H22FN3O4/c1-8(2)12(16-5-4-15-3)13(21)17-9(6-11(19)20)10(18)7-14/h4-5,8-9,12,15-16H,6-7H2,1-3H3,(H,17,21)(H,19,20)/b5-4+/t9-,12?/m0/s1. The molecule has 0 bridgehead atoms. The van der Waals surface area contributed by atoms with Gasteiger partial charge in [-0.3, -0.25) is 14.4 Å². The van der Waals surface area contributed by atoms with Crippen molar-refractivity contribution in [1.82, 2.24) is 16.0 Å². The van der Waals surface area contributed by atoms with E-state index in [9.17, 15) is 18.8 Å². The van der Waals surface area contributed by atoms with E-state index in [0.29, 0.717) is 0 Å². The zero-order valence-corrected chi connectivity index (χ0v) is 12.4. The largest absolute Gasteiger partial charge is 0.481 e. The van der Waals surface area contributed by atoms with E-state index in [-0.39, 0.29) is 5.92 Å². The minimum absolute atomic E-state index is 0.113. The number of rotatable bonds is 10. The summed E-state index contributed by atoms with van der Waals surface area (Å²) in [4.78, 5) is 34.1. The fourth-order valence-corrected chi connectivity index (χ4v) is 1.58. The Labute approximate surface area is 123 Å². The zero-order chi connectivity index (χ0) is 16.4. The Bertz CT molecular complexity index is 399. The van der Waals surface area contributed by atoms with Crippen molar-refractivity contribution < 1.29 is 23.9 Å². The maximum absolute atomic E-state index is 12.4. The van der Waals surface area contributed by atoms with E-state index >= 15 is 0 Å². The van der Waals surface area contributed by atoms with Gasteiger partial charge in [0.05, 0.1) is 6.42 Å². The molecule has 0 fully saturated rings. The molecule has 7 nitrogen and oxygen atoms in total. The Balaban J connectivity index is 4.85. The SMILES string of the molecule is CN/C=C/NC(C(=O)N[C@@H](CC(=O)O)C(=O)CF)C(C)C. The molecule has 0 aliphatic carbocycles. The van der Waals surface area contributed by atoms with Crippen LogP contribution in [-0.2, 0) is 14.4 Å². The average molecular weight is 303 g/mol. The minimum Gasteiger partial charge on any atom is -0.481 e. The summed E-state index contributed by atoms with van der Waals surface area (Å²) < 4.78 is 12.4. The number of carboxylic acids is 1. The summed E-state index contributed by atoms with van der Waals surface area (Å²) in [7, 11) is 1.69. The highest BCUT2D eigenvalue weighted by molar-refractivity contribution is 5.93. The van der Waals surface area contributed by atoms with Crippen LogP contribution in [0.15, 0.2) is 12.4 Å². The molecule has 21 heavy (non-hydrogen) atoms. The molecule has 0 aromatic rings. The van der Waals surface area contributed by atoms with Crippen molar-refractivity contribution in [3.63, 3.8) is 0 Å². The fourth-order valence-electron chi connectivity index (χ4n) is 1.58. The Morgan fingerprint density at radius 3 is 2.29 bits per heavy atom. The maximum atomic E-state index is 12.4. The third kappa shape index (κ3) is 7.28. The summed E-state index contributed by atoms with van der Waals surface area (Å²) in [5.74, 6) is -2.92. The first-order valence-electron chi connectivity index (χ1n) is 6.52. The molecule has 0 radical (unpaired) electrons. The van der Waals surface area contributed by atoms with Crippen molar-refractivity contribution in [3.8, 4) is 0 Å². The molecule has 1 unspecified atom stereocenters. The normalized spacial score (nSPS) is 13.8. The van der Waals surface area contributed by atoms with Gasteiger partial charge in [-0.1, -0.05) is 13.8 Å². The van der Waals surface area contributed by atoms with Gasteiger partial charge >= 0.3 is 5.97 Å². The van der Waals surface area contributed by atoms with Crippen LogP contribution in [-0.4, -0.2) is 48.6 Å². The van der Waals surface area contributed by atoms with Crippen LogP contribution in [0.4, 0.5) is 4.39 Å². The van der Waals surface area contributed by atoms with Crippen LogP contribution in [0.2, 0.25) is 0 Å². The van der Waals surface area contributed by atoms with Crippen LogP contribution < -0.4 is 16.0 Å². The van der Waals surface area contributed by atoms with E-state index in [1.807, 2.05) is 0 Å². The third-order valence-electron chi connectivity index (χ3n) is 2.69.